The van der Waals surface area contributed by atoms with Gasteiger partial charge in [-0.05, 0) is 57.1 Å². The predicted molar refractivity (Wildman–Crippen MR) is 144 cm³/mol. The molecular formula is C26H38N6O5Si. The Bertz CT molecular complexity index is 1210. The number of aryl methyl sites for hydroxylation is 1. The molecule has 3 aliphatic rings. The van der Waals surface area contributed by atoms with Gasteiger partial charge in [-0.3, -0.25) is 14.3 Å². The largest absolute Gasteiger partial charge is 0.432 e. The number of nitrogens with zero attached hydrogens (tertiary/aromatic N) is 4. The zero-order chi connectivity index (χ0) is 27.2. The summed E-state index contributed by atoms with van der Waals surface area (Å²) in [6, 6.07) is 5.33. The number of aliphatic hydroxyl groups is 1. The van der Waals surface area contributed by atoms with Gasteiger partial charge in [0.1, 0.15) is 0 Å². The van der Waals surface area contributed by atoms with Crippen LogP contribution < -0.4 is 15.5 Å². The van der Waals surface area contributed by atoms with E-state index in [-0.39, 0.29) is 42.0 Å². The normalized spacial score (nSPS) is 28.9. The van der Waals surface area contributed by atoms with E-state index in [2.05, 4.69) is 20.9 Å². The van der Waals surface area contributed by atoms with Crippen molar-refractivity contribution in [2.24, 2.45) is 5.92 Å². The summed E-state index contributed by atoms with van der Waals surface area (Å²) in [5.41, 5.74) is 1.37. The summed E-state index contributed by atoms with van der Waals surface area (Å²) in [5.74, 6) is -0.515. The van der Waals surface area contributed by atoms with Crippen LogP contribution in [0.4, 0.5) is 11.4 Å². The summed E-state index contributed by atoms with van der Waals surface area (Å²) in [7, 11) is -1.03. The number of aromatic nitrogens is 3. The Labute approximate surface area is 223 Å². The number of rotatable bonds is 8. The van der Waals surface area contributed by atoms with Crippen LogP contribution >= 0.6 is 0 Å². The van der Waals surface area contributed by atoms with E-state index in [1.54, 1.807) is 22.8 Å². The molecule has 2 saturated heterocycles. The molecule has 5 atom stereocenters. The van der Waals surface area contributed by atoms with Gasteiger partial charge in [0.25, 0.3) is 5.91 Å². The first-order valence-corrected chi connectivity index (χ1v) is 16.5. The Morgan fingerprint density at radius 3 is 2.84 bits per heavy atom. The smallest absolute Gasteiger partial charge is 0.264 e. The molecule has 206 valence electrons. The number of hydrogen-bond donors (Lipinski definition) is 4. The average molecular weight is 543 g/mol. The molecule has 5 rings (SSSR count). The number of carbonyl (C=O) groups is 2. The van der Waals surface area contributed by atoms with Gasteiger partial charge in [-0.2, -0.15) is 0 Å². The quantitative estimate of drug-likeness (QED) is 0.367. The van der Waals surface area contributed by atoms with Crippen LogP contribution in [0.5, 0.6) is 0 Å². The summed E-state index contributed by atoms with van der Waals surface area (Å²) in [6.07, 6.45) is 4.19. The van der Waals surface area contributed by atoms with Crippen LogP contribution in [0.1, 0.15) is 37.4 Å². The van der Waals surface area contributed by atoms with Gasteiger partial charge in [0.2, 0.25) is 5.91 Å². The maximum atomic E-state index is 13.9. The van der Waals surface area contributed by atoms with E-state index in [1.807, 2.05) is 38.2 Å². The predicted octanol–water partition coefficient (Wildman–Crippen LogP) is 1.37. The molecule has 12 heteroatoms. The van der Waals surface area contributed by atoms with Crippen molar-refractivity contribution in [2.45, 2.75) is 75.5 Å². The molecule has 0 unspecified atom stereocenters. The molecule has 0 aliphatic carbocycles. The van der Waals surface area contributed by atoms with Crippen LogP contribution in [-0.4, -0.2) is 77.4 Å². The van der Waals surface area contributed by atoms with E-state index in [9.17, 15) is 14.4 Å². The molecule has 2 aromatic rings. The molecule has 1 aromatic carbocycles. The van der Waals surface area contributed by atoms with Crippen LogP contribution in [0.15, 0.2) is 24.4 Å². The number of carbonyl (C=O) groups excluding carboxylic acids is 2. The first-order chi connectivity index (χ1) is 18.1. The molecule has 0 bridgehead atoms. The van der Waals surface area contributed by atoms with Crippen molar-refractivity contribution in [3.63, 3.8) is 0 Å². The van der Waals surface area contributed by atoms with Crippen molar-refractivity contribution in [1.82, 2.24) is 20.3 Å². The van der Waals surface area contributed by atoms with Gasteiger partial charge in [0, 0.05) is 55.5 Å². The van der Waals surface area contributed by atoms with E-state index in [4.69, 9.17) is 9.84 Å². The van der Waals surface area contributed by atoms with Crippen molar-refractivity contribution < 1.29 is 24.2 Å². The molecule has 0 saturated carbocycles. The number of nitrogens with one attached hydrogen (secondary N) is 2. The van der Waals surface area contributed by atoms with E-state index in [1.165, 1.54) is 0 Å². The van der Waals surface area contributed by atoms with Crippen molar-refractivity contribution in [1.29, 1.82) is 0 Å². The van der Waals surface area contributed by atoms with Gasteiger partial charge in [-0.1, -0.05) is 12.1 Å². The van der Waals surface area contributed by atoms with Crippen molar-refractivity contribution in [2.75, 3.05) is 30.4 Å². The summed E-state index contributed by atoms with van der Waals surface area (Å²) in [5, 5.41) is 23.6. The molecule has 38 heavy (non-hydrogen) atoms. The van der Waals surface area contributed by atoms with Crippen LogP contribution in [0, 0.1) is 5.92 Å². The Morgan fingerprint density at radius 1 is 1.37 bits per heavy atom. The molecule has 0 radical (unpaired) electrons. The van der Waals surface area contributed by atoms with E-state index in [0.717, 1.165) is 30.6 Å². The third-order valence-electron chi connectivity index (χ3n) is 8.35. The van der Waals surface area contributed by atoms with Crippen LogP contribution in [0.25, 0.3) is 0 Å². The van der Waals surface area contributed by atoms with Gasteiger partial charge in [-0.15, -0.1) is 5.10 Å². The zero-order valence-corrected chi connectivity index (χ0v) is 23.5. The Kier molecular flexibility index (Phi) is 7.20. The monoisotopic (exact) mass is 542 g/mol. The van der Waals surface area contributed by atoms with E-state index >= 15 is 0 Å². The topological polar surface area (TPSA) is 142 Å². The van der Waals surface area contributed by atoms with Crippen LogP contribution in [0.3, 0.4) is 0 Å². The number of fused-ring (bicyclic) bond motifs is 2. The van der Waals surface area contributed by atoms with Gasteiger partial charge >= 0.3 is 0 Å². The number of amides is 2. The van der Waals surface area contributed by atoms with Gasteiger partial charge in [0.05, 0.1) is 23.5 Å². The fourth-order valence-electron chi connectivity index (χ4n) is 6.61. The summed E-state index contributed by atoms with van der Waals surface area (Å²) >= 11 is 0. The number of aliphatic hydroxyl groups excluding tert-OH is 1. The minimum absolute atomic E-state index is 0.00545. The molecular weight excluding hydrogens is 504 g/mol. The summed E-state index contributed by atoms with van der Waals surface area (Å²) in [4.78, 5) is 39.7. The van der Waals surface area contributed by atoms with E-state index in [0.29, 0.717) is 30.8 Å². The lowest BCUT2D eigenvalue weighted by atomic mass is 9.82. The van der Waals surface area contributed by atoms with E-state index < -0.39 is 13.9 Å². The highest BCUT2D eigenvalue weighted by Crippen LogP contribution is 2.59. The zero-order valence-electron chi connectivity index (χ0n) is 22.5. The van der Waals surface area contributed by atoms with Crippen molar-refractivity contribution in [3.05, 3.63) is 35.7 Å². The first kappa shape index (κ1) is 26.9. The van der Waals surface area contributed by atoms with Crippen LogP contribution in [-0.2, 0) is 32.9 Å². The van der Waals surface area contributed by atoms with Crippen LogP contribution in [0.2, 0.25) is 18.6 Å². The number of anilines is 2. The molecule has 2 amide bonds. The molecule has 11 nitrogen and oxygen atoms in total. The highest BCUT2D eigenvalue weighted by atomic mass is 28.4. The SMILES string of the molecule is C[C@@H]1[C@@H]([Si](C)(C)O)[C@H](CCn2cc(CCO)nn2)O[C@@]12C(=O)N(C)c1ccc(NC(=O)[C@H]3CCCN3)cc12. The standard InChI is InChI=1S/C26H38N6O5Si/c1-16-23(38(3,4)36)22(9-12-32-15-18(10-13-33)29-30-32)37-26(16)19-14-17(7-8-21(19)31(2)25(26)35)28-24(34)20-6-5-11-27-20/h7-8,14-16,20,22-23,27,33,36H,5-6,9-13H2,1-4H3,(H,28,34)/t16-,20-,22+,23-,26+/m1/s1. The maximum Gasteiger partial charge on any atom is 0.264 e. The van der Waals surface area contributed by atoms with Crippen molar-refractivity contribution >= 4 is 31.5 Å². The second-order valence-electron chi connectivity index (χ2n) is 11.3. The molecule has 1 spiro atoms. The van der Waals surface area contributed by atoms with Crippen molar-refractivity contribution in [3.8, 4) is 0 Å². The number of benzene rings is 1. The second kappa shape index (κ2) is 10.2. The number of ether oxygens (including phenoxy) is 1. The highest BCUT2D eigenvalue weighted by Gasteiger charge is 2.65. The molecule has 4 N–H and O–H groups in total. The minimum atomic E-state index is -2.77. The van der Waals surface area contributed by atoms with Gasteiger partial charge in [-0.25, -0.2) is 0 Å². The molecule has 1 aromatic heterocycles. The lowest BCUT2D eigenvalue weighted by Gasteiger charge is -2.32. The summed E-state index contributed by atoms with van der Waals surface area (Å²) in [6.45, 7) is 7.14. The second-order valence-corrected chi connectivity index (χ2v) is 15.3. The number of hydrogen-bond acceptors (Lipinski definition) is 8. The Balaban J connectivity index is 1.45. The van der Waals surface area contributed by atoms with Gasteiger partial charge in [0.15, 0.2) is 13.9 Å². The number of likely N-dealkylation sites (N-methyl/N-ethyl adjacent to an activating group) is 1. The Morgan fingerprint density at radius 2 is 2.16 bits per heavy atom. The third kappa shape index (κ3) is 4.58. The minimum Gasteiger partial charge on any atom is -0.432 e. The lowest BCUT2D eigenvalue weighted by molar-refractivity contribution is -0.145. The highest BCUT2D eigenvalue weighted by molar-refractivity contribution is 6.71. The fraction of sp³-hybridized carbons (Fsp3) is 0.615. The summed E-state index contributed by atoms with van der Waals surface area (Å²) < 4.78 is 8.48. The average Bonchev–Trinajstić information content (AvgIpc) is 3.64. The molecule has 4 heterocycles. The molecule has 3 aliphatic heterocycles. The fourth-order valence-corrected chi connectivity index (χ4v) is 9.21. The maximum absolute atomic E-state index is 13.9. The first-order valence-electron chi connectivity index (χ1n) is 13.4. The van der Waals surface area contributed by atoms with Gasteiger partial charge < -0.3 is 30.2 Å². The third-order valence-corrected chi connectivity index (χ3v) is 10.9. The molecule has 2 fully saturated rings. The Hall–Kier alpha value is -2.64. The lowest BCUT2D eigenvalue weighted by Crippen LogP contribution is -2.45.